The predicted octanol–water partition coefficient (Wildman–Crippen LogP) is 1.55. The molecule has 0 saturated carbocycles. The van der Waals surface area contributed by atoms with E-state index in [-0.39, 0.29) is 23.5 Å². The molecule has 1 unspecified atom stereocenters. The van der Waals surface area contributed by atoms with Gasteiger partial charge in [-0.1, -0.05) is 15.9 Å². The van der Waals surface area contributed by atoms with E-state index in [1.807, 2.05) is 0 Å². The van der Waals surface area contributed by atoms with Crippen molar-refractivity contribution in [2.45, 2.75) is 12.5 Å². The zero-order valence-corrected chi connectivity index (χ0v) is 12.4. The average molecular weight is 350 g/mol. The van der Waals surface area contributed by atoms with Gasteiger partial charge < -0.3 is 5.32 Å². The molecule has 1 heterocycles. The van der Waals surface area contributed by atoms with Gasteiger partial charge >= 0.3 is 0 Å². The lowest BCUT2D eigenvalue weighted by Crippen LogP contribution is -2.46. The zero-order valence-electron chi connectivity index (χ0n) is 10.0. The van der Waals surface area contributed by atoms with Gasteiger partial charge in [0.1, 0.15) is 5.82 Å². The van der Waals surface area contributed by atoms with Crippen molar-refractivity contribution in [3.8, 4) is 0 Å². The van der Waals surface area contributed by atoms with Crippen molar-refractivity contribution in [3.63, 3.8) is 0 Å². The lowest BCUT2D eigenvalue weighted by atomic mass is 10.0. The van der Waals surface area contributed by atoms with Gasteiger partial charge in [0.15, 0.2) is 15.6 Å². The normalized spacial score (nSPS) is 22.1. The first-order valence-corrected chi connectivity index (χ1v) is 8.41. The Hall–Kier alpha value is -0.790. The van der Waals surface area contributed by atoms with Crippen molar-refractivity contribution in [2.75, 3.05) is 18.1 Å². The van der Waals surface area contributed by atoms with E-state index in [4.69, 9.17) is 0 Å². The van der Waals surface area contributed by atoms with Crippen LogP contribution >= 0.6 is 15.9 Å². The first kappa shape index (κ1) is 14.6. The average Bonchev–Trinajstić information content (AvgIpc) is 2.31. The van der Waals surface area contributed by atoms with Gasteiger partial charge in [-0.3, -0.25) is 4.79 Å². The molecule has 1 aliphatic heterocycles. The molecule has 7 heteroatoms. The molecule has 19 heavy (non-hydrogen) atoms. The van der Waals surface area contributed by atoms with Gasteiger partial charge in [0.2, 0.25) is 0 Å². The van der Waals surface area contributed by atoms with Crippen LogP contribution in [0.25, 0.3) is 0 Å². The Morgan fingerprint density at radius 2 is 2.21 bits per heavy atom. The number of benzene rings is 1. The van der Waals surface area contributed by atoms with E-state index < -0.39 is 27.5 Å². The maximum atomic E-state index is 13.5. The summed E-state index contributed by atoms with van der Waals surface area (Å²) in [6, 6.07) is 3.69. The number of ketones is 1. The van der Waals surface area contributed by atoms with Crippen LogP contribution in [0.5, 0.6) is 0 Å². The fraction of sp³-hybridized carbons (Fsp3) is 0.417. The Morgan fingerprint density at radius 3 is 2.89 bits per heavy atom. The molecule has 1 aliphatic rings. The molecule has 1 aromatic rings. The number of sulfone groups is 1. The molecule has 104 valence electrons. The van der Waals surface area contributed by atoms with Crippen LogP contribution in [0, 0.1) is 5.82 Å². The van der Waals surface area contributed by atoms with Crippen molar-refractivity contribution in [1.82, 2.24) is 5.32 Å². The second kappa shape index (κ2) is 5.68. The molecule has 4 nitrogen and oxygen atoms in total. The van der Waals surface area contributed by atoms with E-state index in [2.05, 4.69) is 21.2 Å². The molecule has 0 bridgehead atoms. The molecule has 1 atom stereocenters. The Labute approximate surface area is 119 Å². The third-order valence-electron chi connectivity index (χ3n) is 2.96. The first-order valence-electron chi connectivity index (χ1n) is 5.79. The number of carbonyl (C=O) groups is 1. The fourth-order valence-electron chi connectivity index (χ4n) is 2.04. The smallest absolute Gasteiger partial charge is 0.167 e. The number of Topliss-reactive ketones (excluding diaryl/α,β-unsaturated/α-hetero) is 1. The van der Waals surface area contributed by atoms with Gasteiger partial charge in [-0.2, -0.15) is 0 Å². The van der Waals surface area contributed by atoms with E-state index in [1.54, 1.807) is 0 Å². The van der Waals surface area contributed by atoms with Gasteiger partial charge in [0.25, 0.3) is 0 Å². The highest BCUT2D eigenvalue weighted by Gasteiger charge is 2.27. The van der Waals surface area contributed by atoms with Crippen molar-refractivity contribution in [3.05, 3.63) is 34.1 Å². The van der Waals surface area contributed by atoms with E-state index in [0.717, 1.165) is 0 Å². The summed E-state index contributed by atoms with van der Waals surface area (Å²) in [6.07, 6.45) is -0.0212. The molecular formula is C12H13BrFNO3S. The summed E-state index contributed by atoms with van der Waals surface area (Å²) in [5, 5.41) is 2.98. The molecule has 0 aromatic heterocycles. The zero-order chi connectivity index (χ0) is 14.0. The highest BCUT2D eigenvalue weighted by Crippen LogP contribution is 2.18. The van der Waals surface area contributed by atoms with Crippen molar-refractivity contribution < 1.29 is 17.6 Å². The van der Waals surface area contributed by atoms with Crippen LogP contribution in [0.3, 0.4) is 0 Å². The Balaban J connectivity index is 2.11. The Morgan fingerprint density at radius 1 is 1.47 bits per heavy atom. The minimum absolute atomic E-state index is 0.0147. The van der Waals surface area contributed by atoms with E-state index in [9.17, 15) is 17.6 Å². The van der Waals surface area contributed by atoms with Gasteiger partial charge in [0, 0.05) is 23.5 Å². The van der Waals surface area contributed by atoms with Gasteiger partial charge in [-0.25, -0.2) is 12.8 Å². The van der Waals surface area contributed by atoms with Crippen molar-refractivity contribution >= 4 is 31.6 Å². The Bertz CT molecular complexity index is 603. The van der Waals surface area contributed by atoms with Crippen molar-refractivity contribution in [2.24, 2.45) is 0 Å². The molecular weight excluding hydrogens is 337 g/mol. The summed E-state index contributed by atoms with van der Waals surface area (Å²) in [7, 11) is -3.10. The van der Waals surface area contributed by atoms with Crippen LogP contribution in [0.1, 0.15) is 16.8 Å². The molecule has 2 rings (SSSR count). The van der Waals surface area contributed by atoms with Gasteiger partial charge in [0.05, 0.1) is 17.1 Å². The summed E-state index contributed by atoms with van der Waals surface area (Å²) in [4.78, 5) is 12.0. The number of rotatable bonds is 3. The van der Waals surface area contributed by atoms with Crippen LogP contribution < -0.4 is 5.32 Å². The van der Waals surface area contributed by atoms with E-state index >= 15 is 0 Å². The summed E-state index contributed by atoms with van der Waals surface area (Å²) in [5.41, 5.74) is -0.0147. The number of nitrogens with one attached hydrogen (secondary N) is 1. The maximum absolute atomic E-state index is 13.5. The number of hydrogen-bond donors (Lipinski definition) is 1. The number of hydrogen-bond acceptors (Lipinski definition) is 4. The topological polar surface area (TPSA) is 63.2 Å². The molecule has 0 radical (unpaired) electrons. The van der Waals surface area contributed by atoms with Crippen LogP contribution in [-0.2, 0) is 9.84 Å². The summed E-state index contributed by atoms with van der Waals surface area (Å²) in [6.45, 7) is 0.335. The number of halogens is 2. The molecule has 0 amide bonds. The first-order chi connectivity index (χ1) is 8.87. The monoisotopic (exact) mass is 349 g/mol. The lowest BCUT2D eigenvalue weighted by molar-refractivity contribution is 0.0968. The minimum Gasteiger partial charge on any atom is -0.312 e. The summed E-state index contributed by atoms with van der Waals surface area (Å²) in [5.74, 6) is -0.975. The van der Waals surface area contributed by atoms with E-state index in [0.29, 0.717) is 11.0 Å². The van der Waals surface area contributed by atoms with Crippen LogP contribution in [0.4, 0.5) is 4.39 Å². The second-order valence-electron chi connectivity index (χ2n) is 4.52. The molecule has 0 aliphatic carbocycles. The third-order valence-corrected chi connectivity index (χ3v) is 5.19. The quantitative estimate of drug-likeness (QED) is 0.841. The highest BCUT2D eigenvalue weighted by atomic mass is 79.9. The lowest BCUT2D eigenvalue weighted by Gasteiger charge is -2.23. The van der Waals surface area contributed by atoms with E-state index in [1.165, 1.54) is 18.2 Å². The maximum Gasteiger partial charge on any atom is 0.167 e. The molecule has 1 saturated heterocycles. The molecule has 1 N–H and O–H groups in total. The van der Waals surface area contributed by atoms with Crippen LogP contribution in [0.15, 0.2) is 22.7 Å². The van der Waals surface area contributed by atoms with Crippen molar-refractivity contribution in [1.29, 1.82) is 0 Å². The largest absolute Gasteiger partial charge is 0.312 e. The SMILES string of the molecule is O=C(CC1CS(=O)(=O)CCN1)c1cc(Br)ccc1F. The van der Waals surface area contributed by atoms with Gasteiger partial charge in [-0.05, 0) is 18.2 Å². The third kappa shape index (κ3) is 3.84. The standard InChI is InChI=1S/C12H13BrFNO3S/c13-8-1-2-11(14)10(5-8)12(16)6-9-7-19(17,18)4-3-15-9/h1-2,5,9,15H,3-4,6-7H2. The minimum atomic E-state index is -3.10. The van der Waals surface area contributed by atoms with Crippen LogP contribution in [-0.4, -0.2) is 38.3 Å². The second-order valence-corrected chi connectivity index (χ2v) is 7.66. The fourth-order valence-corrected chi connectivity index (χ4v) is 3.85. The molecule has 1 aromatic carbocycles. The highest BCUT2D eigenvalue weighted by molar-refractivity contribution is 9.10. The summed E-state index contributed by atoms with van der Waals surface area (Å²) < 4.78 is 37.1. The predicted molar refractivity (Wildman–Crippen MR) is 73.5 cm³/mol. The summed E-state index contributed by atoms with van der Waals surface area (Å²) >= 11 is 3.18. The van der Waals surface area contributed by atoms with Gasteiger partial charge in [-0.15, -0.1) is 0 Å². The molecule has 1 fully saturated rings. The Kier molecular flexibility index (Phi) is 4.37. The van der Waals surface area contributed by atoms with Crippen LogP contribution in [0.2, 0.25) is 0 Å². The number of carbonyl (C=O) groups excluding carboxylic acids is 1. The molecule has 0 spiro atoms.